The Hall–Kier alpha value is -1.68. The molecule has 0 amide bonds. The van der Waals surface area contributed by atoms with Gasteiger partial charge in [0.15, 0.2) is 5.96 Å². The molecular formula is C27H40IN5O. The van der Waals surface area contributed by atoms with Crippen LogP contribution < -0.4 is 10.6 Å². The number of benzene rings is 2. The van der Waals surface area contributed by atoms with E-state index in [2.05, 4.69) is 80.9 Å². The van der Waals surface area contributed by atoms with E-state index in [-0.39, 0.29) is 24.0 Å². The monoisotopic (exact) mass is 577 g/mol. The quantitative estimate of drug-likeness (QED) is 0.283. The van der Waals surface area contributed by atoms with Gasteiger partial charge in [-0.2, -0.15) is 0 Å². The van der Waals surface area contributed by atoms with Gasteiger partial charge in [-0.1, -0.05) is 54.1 Å². The molecule has 4 rings (SSSR count). The number of likely N-dealkylation sites (tertiary alicyclic amines) is 1. The summed E-state index contributed by atoms with van der Waals surface area (Å²) in [5.41, 5.74) is 5.37. The second-order valence-corrected chi connectivity index (χ2v) is 9.13. The summed E-state index contributed by atoms with van der Waals surface area (Å²) < 4.78 is 5.50. The molecule has 7 heteroatoms. The SMILES string of the molecule is CN=C(NCc1ccccc1CN1CCOCC1)NCC(c1ccc(C)cc1)N1CCCC1.I. The first-order chi connectivity index (χ1) is 16.2. The number of halogens is 1. The van der Waals surface area contributed by atoms with E-state index in [0.29, 0.717) is 6.04 Å². The molecule has 186 valence electrons. The lowest BCUT2D eigenvalue weighted by molar-refractivity contribution is 0.0341. The summed E-state index contributed by atoms with van der Waals surface area (Å²) in [4.78, 5) is 9.57. The van der Waals surface area contributed by atoms with Gasteiger partial charge in [-0.3, -0.25) is 14.8 Å². The van der Waals surface area contributed by atoms with Gasteiger partial charge >= 0.3 is 0 Å². The molecule has 2 aromatic carbocycles. The van der Waals surface area contributed by atoms with Gasteiger partial charge in [-0.25, -0.2) is 0 Å². The molecule has 0 saturated carbocycles. The molecule has 34 heavy (non-hydrogen) atoms. The number of guanidine groups is 1. The van der Waals surface area contributed by atoms with Crippen molar-refractivity contribution in [3.63, 3.8) is 0 Å². The molecule has 2 aromatic rings. The third kappa shape index (κ3) is 7.66. The minimum absolute atomic E-state index is 0. The Bertz CT molecular complexity index is 892. The van der Waals surface area contributed by atoms with Crippen molar-refractivity contribution in [3.8, 4) is 0 Å². The largest absolute Gasteiger partial charge is 0.379 e. The van der Waals surface area contributed by atoms with E-state index in [0.717, 1.165) is 51.9 Å². The normalized spacial score (nSPS) is 18.4. The molecule has 0 spiro atoms. The summed E-state index contributed by atoms with van der Waals surface area (Å²) >= 11 is 0. The van der Waals surface area contributed by atoms with Crippen molar-refractivity contribution >= 4 is 29.9 Å². The Morgan fingerprint density at radius 2 is 1.62 bits per heavy atom. The molecule has 0 aliphatic carbocycles. The molecule has 2 aliphatic heterocycles. The fourth-order valence-electron chi connectivity index (χ4n) is 4.78. The number of hydrogen-bond acceptors (Lipinski definition) is 4. The summed E-state index contributed by atoms with van der Waals surface area (Å²) in [6, 6.07) is 18.1. The maximum atomic E-state index is 5.50. The number of aryl methyl sites for hydroxylation is 1. The summed E-state index contributed by atoms with van der Waals surface area (Å²) in [5, 5.41) is 7.15. The summed E-state index contributed by atoms with van der Waals surface area (Å²) in [7, 11) is 1.85. The Morgan fingerprint density at radius 3 is 2.29 bits per heavy atom. The lowest BCUT2D eigenvalue weighted by Crippen LogP contribution is -2.42. The number of rotatable bonds is 8. The predicted molar refractivity (Wildman–Crippen MR) is 151 cm³/mol. The van der Waals surface area contributed by atoms with Crippen LogP contribution in [0.4, 0.5) is 0 Å². The summed E-state index contributed by atoms with van der Waals surface area (Å²) in [5.74, 6) is 0.854. The van der Waals surface area contributed by atoms with Gasteiger partial charge in [0.05, 0.1) is 19.3 Å². The highest BCUT2D eigenvalue weighted by molar-refractivity contribution is 14.0. The standard InChI is InChI=1S/C27H39N5O.HI/c1-22-9-11-23(12-10-22)26(32-13-5-6-14-32)20-30-27(28-2)29-19-24-7-3-4-8-25(24)21-31-15-17-33-18-16-31;/h3-4,7-12,26H,5-6,13-21H2,1-2H3,(H2,28,29,30);1H. The topological polar surface area (TPSA) is 52.1 Å². The number of nitrogens with one attached hydrogen (secondary N) is 2. The van der Waals surface area contributed by atoms with Crippen LogP contribution in [-0.4, -0.2) is 68.7 Å². The van der Waals surface area contributed by atoms with Crippen molar-refractivity contribution in [1.29, 1.82) is 0 Å². The van der Waals surface area contributed by atoms with Crippen molar-refractivity contribution in [2.45, 2.75) is 38.9 Å². The van der Waals surface area contributed by atoms with Crippen LogP contribution in [0.25, 0.3) is 0 Å². The summed E-state index contributed by atoms with van der Waals surface area (Å²) in [6.07, 6.45) is 2.57. The Kier molecular flexibility index (Phi) is 11.1. The van der Waals surface area contributed by atoms with Crippen LogP contribution in [0.3, 0.4) is 0 Å². The van der Waals surface area contributed by atoms with E-state index in [4.69, 9.17) is 4.74 Å². The van der Waals surface area contributed by atoms with E-state index < -0.39 is 0 Å². The van der Waals surface area contributed by atoms with Crippen molar-refractivity contribution in [2.24, 2.45) is 4.99 Å². The minimum Gasteiger partial charge on any atom is -0.379 e. The molecule has 0 radical (unpaired) electrons. The molecule has 1 unspecified atom stereocenters. The Morgan fingerprint density at radius 1 is 0.941 bits per heavy atom. The minimum atomic E-state index is 0. The van der Waals surface area contributed by atoms with E-state index in [1.54, 1.807) is 0 Å². The van der Waals surface area contributed by atoms with Crippen LogP contribution in [0.5, 0.6) is 0 Å². The van der Waals surface area contributed by atoms with E-state index in [1.165, 1.54) is 48.2 Å². The van der Waals surface area contributed by atoms with Crippen molar-refractivity contribution < 1.29 is 4.74 Å². The first kappa shape index (κ1) is 26.9. The second-order valence-electron chi connectivity index (χ2n) is 9.13. The molecule has 2 aliphatic rings. The average Bonchev–Trinajstić information content (AvgIpc) is 3.38. The number of hydrogen-bond donors (Lipinski definition) is 2. The molecular weight excluding hydrogens is 537 g/mol. The molecule has 2 N–H and O–H groups in total. The smallest absolute Gasteiger partial charge is 0.191 e. The zero-order valence-electron chi connectivity index (χ0n) is 20.6. The van der Waals surface area contributed by atoms with Crippen molar-refractivity contribution in [3.05, 3.63) is 70.8 Å². The van der Waals surface area contributed by atoms with Crippen LogP contribution in [0.2, 0.25) is 0 Å². The summed E-state index contributed by atoms with van der Waals surface area (Å²) in [6.45, 7) is 10.7. The highest BCUT2D eigenvalue weighted by atomic mass is 127. The van der Waals surface area contributed by atoms with Crippen LogP contribution in [0, 0.1) is 6.92 Å². The zero-order chi connectivity index (χ0) is 22.9. The lowest BCUT2D eigenvalue weighted by Gasteiger charge is -2.29. The van der Waals surface area contributed by atoms with E-state index in [9.17, 15) is 0 Å². The lowest BCUT2D eigenvalue weighted by atomic mass is 10.0. The highest BCUT2D eigenvalue weighted by Crippen LogP contribution is 2.25. The van der Waals surface area contributed by atoms with Gasteiger partial charge in [0.1, 0.15) is 0 Å². The van der Waals surface area contributed by atoms with Crippen molar-refractivity contribution in [1.82, 2.24) is 20.4 Å². The number of aliphatic imine (C=N–C) groups is 1. The van der Waals surface area contributed by atoms with Gasteiger partial charge in [-0.15, -0.1) is 24.0 Å². The maximum absolute atomic E-state index is 5.50. The molecule has 6 nitrogen and oxygen atoms in total. The number of morpholine rings is 1. The fourth-order valence-corrected chi connectivity index (χ4v) is 4.78. The van der Waals surface area contributed by atoms with Crippen LogP contribution >= 0.6 is 24.0 Å². The van der Waals surface area contributed by atoms with Crippen molar-refractivity contribution in [2.75, 3.05) is 53.0 Å². The highest BCUT2D eigenvalue weighted by Gasteiger charge is 2.23. The van der Waals surface area contributed by atoms with Gasteiger partial charge < -0.3 is 15.4 Å². The average molecular weight is 578 g/mol. The predicted octanol–water partition coefficient (Wildman–Crippen LogP) is 3.95. The van der Waals surface area contributed by atoms with E-state index in [1.807, 2.05) is 7.05 Å². The third-order valence-corrected chi connectivity index (χ3v) is 6.79. The van der Waals surface area contributed by atoms with E-state index >= 15 is 0 Å². The Balaban J connectivity index is 0.00000324. The third-order valence-electron chi connectivity index (χ3n) is 6.79. The number of nitrogens with zero attached hydrogens (tertiary/aromatic N) is 3. The number of ether oxygens (including phenoxy) is 1. The van der Waals surface area contributed by atoms with Gasteiger partial charge in [0.2, 0.25) is 0 Å². The molecule has 2 fully saturated rings. The first-order valence-electron chi connectivity index (χ1n) is 12.3. The fraction of sp³-hybridized carbons (Fsp3) is 0.519. The molecule has 2 saturated heterocycles. The van der Waals surface area contributed by atoms with Crippen LogP contribution in [-0.2, 0) is 17.8 Å². The maximum Gasteiger partial charge on any atom is 0.191 e. The van der Waals surface area contributed by atoms with Gasteiger partial charge in [-0.05, 0) is 49.5 Å². The van der Waals surface area contributed by atoms with Gasteiger partial charge in [0, 0.05) is 39.8 Å². The molecule has 2 heterocycles. The Labute approximate surface area is 222 Å². The first-order valence-corrected chi connectivity index (χ1v) is 12.3. The van der Waals surface area contributed by atoms with Gasteiger partial charge in [0.25, 0.3) is 0 Å². The molecule has 1 atom stereocenters. The second kappa shape index (κ2) is 14.0. The zero-order valence-corrected chi connectivity index (χ0v) is 23.0. The van der Waals surface area contributed by atoms with Crippen LogP contribution in [0.1, 0.15) is 41.1 Å². The van der Waals surface area contributed by atoms with Crippen LogP contribution in [0.15, 0.2) is 53.5 Å². The molecule has 0 bridgehead atoms. The molecule has 0 aromatic heterocycles.